The number of carbonyl (C=O) groups is 1. The summed E-state index contributed by atoms with van der Waals surface area (Å²) < 4.78 is 36.9. The van der Waals surface area contributed by atoms with Gasteiger partial charge in [0.2, 0.25) is 15.9 Å². The molecule has 0 aliphatic rings. The van der Waals surface area contributed by atoms with Crippen molar-refractivity contribution >= 4 is 21.6 Å². The molecule has 2 N–H and O–H groups in total. The number of carbonyl (C=O) groups excluding carboxylic acids is 1. The van der Waals surface area contributed by atoms with Crippen molar-refractivity contribution in [1.29, 1.82) is 0 Å². The zero-order valence-electron chi connectivity index (χ0n) is 23.9. The SMILES string of the molecule is CC[C@@H](C)NS(=O)(=O)c1cc([N+](=O)[O-])ccc1Oc1c(C)c(C(=O)NCc2cccnc2)nn1-c1cccc(C)c1C. The normalized spacial score (nSPS) is 12.1. The van der Waals surface area contributed by atoms with E-state index in [0.29, 0.717) is 17.7 Å². The maximum absolute atomic E-state index is 13.4. The molecule has 4 aromatic rings. The number of amides is 1. The van der Waals surface area contributed by atoms with Crippen LogP contribution < -0.4 is 14.8 Å². The standard InChI is InChI=1S/C29H32N6O6S/c1-6-19(3)33-42(39,40)26-15-23(35(37)38)12-13-25(26)41-29-21(5)27(28(36)31-17-22-10-8-14-30-16-22)32-34(29)24-11-7-9-18(2)20(24)4/h7-16,19,33H,6,17H2,1-5H3,(H,31,36)/t19-/m1/s1. The summed E-state index contributed by atoms with van der Waals surface area (Å²) in [4.78, 5) is 27.8. The molecule has 12 nitrogen and oxygen atoms in total. The number of nitrogens with zero attached hydrogens (tertiary/aromatic N) is 4. The second-order valence-electron chi connectivity index (χ2n) is 9.87. The molecule has 1 atom stereocenters. The van der Waals surface area contributed by atoms with Gasteiger partial charge in [-0.15, -0.1) is 0 Å². The topological polar surface area (TPSA) is 158 Å². The summed E-state index contributed by atoms with van der Waals surface area (Å²) in [5, 5.41) is 18.9. The van der Waals surface area contributed by atoms with Crippen LogP contribution in [0.25, 0.3) is 5.69 Å². The summed E-state index contributed by atoms with van der Waals surface area (Å²) in [5.41, 5.74) is 3.23. The number of nitro groups is 1. The molecular weight excluding hydrogens is 560 g/mol. The van der Waals surface area contributed by atoms with Gasteiger partial charge in [0, 0.05) is 42.7 Å². The van der Waals surface area contributed by atoms with Crippen molar-refractivity contribution in [3.63, 3.8) is 0 Å². The number of hydrogen-bond acceptors (Lipinski definition) is 8. The first-order valence-electron chi connectivity index (χ1n) is 13.2. The van der Waals surface area contributed by atoms with Gasteiger partial charge in [-0.25, -0.2) is 13.1 Å². The van der Waals surface area contributed by atoms with E-state index in [2.05, 4.69) is 20.1 Å². The zero-order valence-corrected chi connectivity index (χ0v) is 24.7. The fourth-order valence-corrected chi connectivity index (χ4v) is 5.61. The molecule has 0 aliphatic heterocycles. The summed E-state index contributed by atoms with van der Waals surface area (Å²) in [6.07, 6.45) is 3.77. The van der Waals surface area contributed by atoms with Gasteiger partial charge in [-0.2, -0.15) is 9.78 Å². The summed E-state index contributed by atoms with van der Waals surface area (Å²) in [6.45, 7) is 9.17. The van der Waals surface area contributed by atoms with Crippen molar-refractivity contribution in [3.8, 4) is 17.3 Å². The van der Waals surface area contributed by atoms with E-state index in [0.717, 1.165) is 28.8 Å². The first kappa shape index (κ1) is 30.3. The summed E-state index contributed by atoms with van der Waals surface area (Å²) in [7, 11) is -4.23. The van der Waals surface area contributed by atoms with Gasteiger partial charge in [0.25, 0.3) is 11.6 Å². The maximum Gasteiger partial charge on any atom is 0.272 e. The summed E-state index contributed by atoms with van der Waals surface area (Å²) in [6, 6.07) is 12.1. The molecule has 0 saturated heterocycles. The molecule has 0 unspecified atom stereocenters. The Hall–Kier alpha value is -4.62. The molecule has 0 radical (unpaired) electrons. The van der Waals surface area contributed by atoms with Gasteiger partial charge < -0.3 is 10.1 Å². The smallest absolute Gasteiger partial charge is 0.272 e. The van der Waals surface area contributed by atoms with Gasteiger partial charge in [-0.1, -0.05) is 25.1 Å². The van der Waals surface area contributed by atoms with Gasteiger partial charge in [0.1, 0.15) is 10.6 Å². The highest BCUT2D eigenvalue weighted by Crippen LogP contribution is 2.36. The highest BCUT2D eigenvalue weighted by Gasteiger charge is 2.29. The lowest BCUT2D eigenvalue weighted by Gasteiger charge is -2.17. The van der Waals surface area contributed by atoms with Crippen molar-refractivity contribution in [2.45, 2.75) is 58.5 Å². The molecule has 0 bridgehead atoms. The Morgan fingerprint density at radius 1 is 1.12 bits per heavy atom. The lowest BCUT2D eigenvalue weighted by atomic mass is 10.1. The molecule has 2 heterocycles. The quantitative estimate of drug-likeness (QED) is 0.184. The number of hydrogen-bond donors (Lipinski definition) is 2. The molecule has 1 amide bonds. The first-order valence-corrected chi connectivity index (χ1v) is 14.7. The summed E-state index contributed by atoms with van der Waals surface area (Å²) >= 11 is 0. The summed E-state index contributed by atoms with van der Waals surface area (Å²) in [5.74, 6) is -0.544. The number of aryl methyl sites for hydroxylation is 1. The minimum atomic E-state index is -4.23. The fraction of sp³-hybridized carbons (Fsp3) is 0.276. The van der Waals surface area contributed by atoms with E-state index in [1.807, 2.05) is 39.0 Å². The van der Waals surface area contributed by atoms with Crippen LogP contribution in [0.5, 0.6) is 11.6 Å². The third kappa shape index (κ3) is 6.47. The Labute approximate surface area is 244 Å². The predicted molar refractivity (Wildman–Crippen MR) is 156 cm³/mol. The molecule has 0 aliphatic carbocycles. The van der Waals surface area contributed by atoms with Crippen LogP contribution in [0.15, 0.2) is 65.8 Å². The van der Waals surface area contributed by atoms with Crippen molar-refractivity contribution in [2.75, 3.05) is 0 Å². The van der Waals surface area contributed by atoms with Crippen LogP contribution in [0, 0.1) is 30.9 Å². The van der Waals surface area contributed by atoms with Gasteiger partial charge in [0.05, 0.1) is 10.6 Å². The van der Waals surface area contributed by atoms with Crippen LogP contribution in [0.2, 0.25) is 0 Å². The number of aromatic nitrogens is 3. The van der Waals surface area contributed by atoms with Crippen molar-refractivity contribution in [1.82, 2.24) is 24.8 Å². The Morgan fingerprint density at radius 2 is 1.88 bits per heavy atom. The van der Waals surface area contributed by atoms with Gasteiger partial charge in [-0.05, 0) is 69.0 Å². The molecule has 0 spiro atoms. The Balaban J connectivity index is 1.84. The average molecular weight is 593 g/mol. The minimum Gasteiger partial charge on any atom is -0.437 e. The molecule has 0 saturated carbocycles. The van der Waals surface area contributed by atoms with E-state index in [-0.39, 0.29) is 23.9 Å². The Morgan fingerprint density at radius 3 is 2.55 bits per heavy atom. The van der Waals surface area contributed by atoms with Crippen LogP contribution in [0.1, 0.15) is 53.0 Å². The van der Waals surface area contributed by atoms with Crippen LogP contribution in [0.3, 0.4) is 0 Å². The predicted octanol–water partition coefficient (Wildman–Crippen LogP) is 4.90. The molecule has 2 aromatic heterocycles. The second-order valence-corrected chi connectivity index (χ2v) is 11.6. The second kappa shape index (κ2) is 12.5. The third-order valence-corrected chi connectivity index (χ3v) is 8.48. The monoisotopic (exact) mass is 592 g/mol. The lowest BCUT2D eigenvalue weighted by molar-refractivity contribution is -0.385. The highest BCUT2D eigenvalue weighted by molar-refractivity contribution is 7.89. The number of benzene rings is 2. The van der Waals surface area contributed by atoms with Crippen molar-refractivity contribution < 1.29 is 22.9 Å². The van der Waals surface area contributed by atoms with Gasteiger partial charge in [0.15, 0.2) is 5.69 Å². The van der Waals surface area contributed by atoms with Gasteiger partial charge >= 0.3 is 0 Å². The largest absolute Gasteiger partial charge is 0.437 e. The van der Waals surface area contributed by atoms with E-state index in [1.54, 1.807) is 38.4 Å². The molecule has 220 valence electrons. The third-order valence-electron chi connectivity index (χ3n) is 6.87. The van der Waals surface area contributed by atoms with E-state index in [1.165, 1.54) is 10.7 Å². The van der Waals surface area contributed by atoms with Gasteiger partial charge in [-0.3, -0.25) is 19.9 Å². The number of ether oxygens (including phenoxy) is 1. The van der Waals surface area contributed by atoms with E-state index < -0.39 is 37.5 Å². The lowest BCUT2D eigenvalue weighted by Crippen LogP contribution is -2.32. The zero-order chi connectivity index (χ0) is 30.6. The molecular formula is C29H32N6O6S. The van der Waals surface area contributed by atoms with Crippen LogP contribution in [-0.4, -0.2) is 40.1 Å². The molecule has 4 rings (SSSR count). The molecule has 42 heavy (non-hydrogen) atoms. The fourth-order valence-electron chi connectivity index (χ4n) is 4.13. The Kier molecular flexibility index (Phi) is 9.02. The first-order chi connectivity index (χ1) is 19.9. The van der Waals surface area contributed by atoms with Crippen LogP contribution >= 0.6 is 0 Å². The number of sulfonamides is 1. The number of rotatable bonds is 11. The number of pyridine rings is 1. The molecule has 2 aromatic carbocycles. The minimum absolute atomic E-state index is 0.0684. The van der Waals surface area contributed by atoms with Crippen molar-refractivity contribution in [3.05, 3.63) is 99.0 Å². The number of non-ortho nitro benzene ring substituents is 1. The highest BCUT2D eigenvalue weighted by atomic mass is 32.2. The Bertz CT molecular complexity index is 1740. The van der Waals surface area contributed by atoms with Crippen LogP contribution in [-0.2, 0) is 16.6 Å². The molecule has 0 fully saturated rings. The van der Waals surface area contributed by atoms with E-state index >= 15 is 0 Å². The maximum atomic E-state index is 13.4. The van der Waals surface area contributed by atoms with Crippen molar-refractivity contribution in [2.24, 2.45) is 0 Å². The number of nitro benzene ring substituents is 1. The van der Waals surface area contributed by atoms with Crippen LogP contribution in [0.4, 0.5) is 5.69 Å². The van der Waals surface area contributed by atoms with E-state index in [4.69, 9.17) is 4.74 Å². The van der Waals surface area contributed by atoms with E-state index in [9.17, 15) is 23.3 Å². The number of nitrogens with one attached hydrogen (secondary N) is 2. The average Bonchev–Trinajstić information content (AvgIpc) is 3.28. The molecule has 13 heteroatoms.